The van der Waals surface area contributed by atoms with Gasteiger partial charge >= 0.3 is 0 Å². The van der Waals surface area contributed by atoms with E-state index in [0.717, 1.165) is 11.8 Å². The highest BCUT2D eigenvalue weighted by molar-refractivity contribution is 4.71. The maximum Gasteiger partial charge on any atom is 0.00415 e. The van der Waals surface area contributed by atoms with Gasteiger partial charge in [-0.15, -0.1) is 0 Å². The lowest BCUT2D eigenvalue weighted by atomic mass is 9.90. The summed E-state index contributed by atoms with van der Waals surface area (Å²) in [6, 6.07) is 0.468. The SMILES string of the molecule is CC(C)CCC(N)CC1CCCCCC1. The maximum atomic E-state index is 6.20. The van der Waals surface area contributed by atoms with E-state index in [1.54, 1.807) is 0 Å². The van der Waals surface area contributed by atoms with Crippen LogP contribution in [0.1, 0.15) is 71.6 Å². The van der Waals surface area contributed by atoms with Crippen molar-refractivity contribution in [1.82, 2.24) is 0 Å². The van der Waals surface area contributed by atoms with E-state index in [1.165, 1.54) is 57.8 Å². The summed E-state index contributed by atoms with van der Waals surface area (Å²) in [6.45, 7) is 4.58. The second-order valence-corrected chi connectivity index (χ2v) is 5.82. The Kier molecular flexibility index (Phi) is 6.31. The van der Waals surface area contributed by atoms with Gasteiger partial charge in [0.15, 0.2) is 0 Å². The van der Waals surface area contributed by atoms with Crippen LogP contribution in [0.2, 0.25) is 0 Å². The molecular formula is C14H29N. The molecule has 1 fully saturated rings. The fourth-order valence-corrected chi connectivity index (χ4v) is 2.69. The summed E-state index contributed by atoms with van der Waals surface area (Å²) in [5.41, 5.74) is 6.20. The van der Waals surface area contributed by atoms with E-state index >= 15 is 0 Å². The van der Waals surface area contributed by atoms with Gasteiger partial charge in [-0.2, -0.15) is 0 Å². The Balaban J connectivity index is 2.14. The largest absolute Gasteiger partial charge is 0.328 e. The topological polar surface area (TPSA) is 26.0 Å². The Morgan fingerprint density at radius 2 is 1.60 bits per heavy atom. The van der Waals surface area contributed by atoms with E-state index in [2.05, 4.69) is 13.8 Å². The summed E-state index contributed by atoms with van der Waals surface area (Å²) in [6.07, 6.45) is 12.5. The Morgan fingerprint density at radius 1 is 1.00 bits per heavy atom. The molecule has 1 nitrogen and oxygen atoms in total. The van der Waals surface area contributed by atoms with Crippen LogP contribution in [0.3, 0.4) is 0 Å². The van der Waals surface area contributed by atoms with Gasteiger partial charge in [-0.3, -0.25) is 0 Å². The smallest absolute Gasteiger partial charge is 0.00415 e. The summed E-state index contributed by atoms with van der Waals surface area (Å²) in [5, 5.41) is 0. The lowest BCUT2D eigenvalue weighted by Crippen LogP contribution is -2.24. The Labute approximate surface area is 95.8 Å². The van der Waals surface area contributed by atoms with Gasteiger partial charge in [0.2, 0.25) is 0 Å². The van der Waals surface area contributed by atoms with Gasteiger partial charge in [-0.05, 0) is 31.1 Å². The van der Waals surface area contributed by atoms with Gasteiger partial charge in [-0.25, -0.2) is 0 Å². The van der Waals surface area contributed by atoms with Crippen molar-refractivity contribution in [3.63, 3.8) is 0 Å². The molecule has 0 aromatic carbocycles. The molecule has 0 bridgehead atoms. The first-order valence-electron chi connectivity index (χ1n) is 6.94. The minimum atomic E-state index is 0.468. The van der Waals surface area contributed by atoms with Crippen molar-refractivity contribution in [3.8, 4) is 0 Å². The van der Waals surface area contributed by atoms with Crippen LogP contribution in [0, 0.1) is 11.8 Å². The molecule has 0 spiro atoms. The van der Waals surface area contributed by atoms with E-state index in [-0.39, 0.29) is 0 Å². The van der Waals surface area contributed by atoms with Crippen LogP contribution in [0.25, 0.3) is 0 Å². The van der Waals surface area contributed by atoms with Crippen molar-refractivity contribution in [1.29, 1.82) is 0 Å². The second kappa shape index (κ2) is 7.27. The van der Waals surface area contributed by atoms with E-state index < -0.39 is 0 Å². The summed E-state index contributed by atoms with van der Waals surface area (Å²) < 4.78 is 0. The number of hydrogen-bond donors (Lipinski definition) is 1. The number of nitrogens with two attached hydrogens (primary N) is 1. The molecule has 1 aliphatic carbocycles. The van der Waals surface area contributed by atoms with Crippen LogP contribution in [0.4, 0.5) is 0 Å². The van der Waals surface area contributed by atoms with E-state index in [9.17, 15) is 0 Å². The number of hydrogen-bond acceptors (Lipinski definition) is 1. The molecule has 0 radical (unpaired) electrons. The highest BCUT2D eigenvalue weighted by Crippen LogP contribution is 2.27. The lowest BCUT2D eigenvalue weighted by Gasteiger charge is -2.19. The van der Waals surface area contributed by atoms with E-state index in [0.29, 0.717) is 6.04 Å². The predicted molar refractivity (Wildman–Crippen MR) is 67.9 cm³/mol. The van der Waals surface area contributed by atoms with Crippen molar-refractivity contribution >= 4 is 0 Å². The zero-order valence-electron chi connectivity index (χ0n) is 10.7. The first-order chi connectivity index (χ1) is 7.18. The first kappa shape index (κ1) is 13.0. The Bertz CT molecular complexity index is 145. The third-order valence-corrected chi connectivity index (χ3v) is 3.73. The first-order valence-corrected chi connectivity index (χ1v) is 6.94. The van der Waals surface area contributed by atoms with Gasteiger partial charge in [0.05, 0.1) is 0 Å². The van der Waals surface area contributed by atoms with Gasteiger partial charge in [0.1, 0.15) is 0 Å². The number of rotatable bonds is 5. The van der Waals surface area contributed by atoms with Crippen molar-refractivity contribution in [2.75, 3.05) is 0 Å². The molecule has 1 heteroatoms. The zero-order chi connectivity index (χ0) is 11.1. The fourth-order valence-electron chi connectivity index (χ4n) is 2.69. The van der Waals surface area contributed by atoms with E-state index in [1.807, 2.05) is 0 Å². The lowest BCUT2D eigenvalue weighted by molar-refractivity contribution is 0.364. The second-order valence-electron chi connectivity index (χ2n) is 5.82. The summed E-state index contributed by atoms with van der Waals surface area (Å²) in [4.78, 5) is 0. The summed E-state index contributed by atoms with van der Waals surface area (Å²) in [5.74, 6) is 1.75. The van der Waals surface area contributed by atoms with E-state index in [4.69, 9.17) is 5.73 Å². The molecule has 0 saturated heterocycles. The predicted octanol–water partition coefficient (Wildman–Crippen LogP) is 4.11. The molecule has 0 aromatic heterocycles. The summed E-state index contributed by atoms with van der Waals surface area (Å²) >= 11 is 0. The van der Waals surface area contributed by atoms with Crippen molar-refractivity contribution in [2.45, 2.75) is 77.7 Å². The van der Waals surface area contributed by atoms with Gasteiger partial charge < -0.3 is 5.73 Å². The van der Waals surface area contributed by atoms with Crippen molar-refractivity contribution in [3.05, 3.63) is 0 Å². The van der Waals surface area contributed by atoms with Crippen LogP contribution in [-0.4, -0.2) is 6.04 Å². The third kappa shape index (κ3) is 6.19. The minimum absolute atomic E-state index is 0.468. The Hall–Kier alpha value is -0.0400. The molecule has 1 atom stereocenters. The molecule has 0 amide bonds. The minimum Gasteiger partial charge on any atom is -0.328 e. The molecule has 15 heavy (non-hydrogen) atoms. The molecular weight excluding hydrogens is 182 g/mol. The van der Waals surface area contributed by atoms with Gasteiger partial charge in [-0.1, -0.05) is 52.4 Å². The standard InChI is InChI=1S/C14H29N/c1-12(2)9-10-14(15)11-13-7-5-3-4-6-8-13/h12-14H,3-11,15H2,1-2H3. The quantitative estimate of drug-likeness (QED) is 0.680. The molecule has 90 valence electrons. The van der Waals surface area contributed by atoms with Crippen LogP contribution < -0.4 is 5.73 Å². The fraction of sp³-hybridized carbons (Fsp3) is 1.00. The average molecular weight is 211 g/mol. The third-order valence-electron chi connectivity index (χ3n) is 3.73. The zero-order valence-corrected chi connectivity index (χ0v) is 10.7. The molecule has 2 N–H and O–H groups in total. The van der Waals surface area contributed by atoms with Crippen molar-refractivity contribution < 1.29 is 0 Å². The normalized spacial score (nSPS) is 21.6. The monoisotopic (exact) mass is 211 g/mol. The van der Waals surface area contributed by atoms with Crippen molar-refractivity contribution in [2.24, 2.45) is 17.6 Å². The average Bonchev–Trinajstić information content (AvgIpc) is 2.43. The Morgan fingerprint density at radius 3 is 2.13 bits per heavy atom. The molecule has 1 saturated carbocycles. The van der Waals surface area contributed by atoms with Gasteiger partial charge in [0.25, 0.3) is 0 Å². The molecule has 1 aliphatic rings. The molecule has 1 unspecified atom stereocenters. The highest BCUT2D eigenvalue weighted by Gasteiger charge is 2.15. The van der Waals surface area contributed by atoms with Gasteiger partial charge in [0, 0.05) is 6.04 Å². The van der Waals surface area contributed by atoms with Crippen LogP contribution in [0.5, 0.6) is 0 Å². The van der Waals surface area contributed by atoms with Crippen LogP contribution in [-0.2, 0) is 0 Å². The molecule has 0 aromatic rings. The molecule has 1 rings (SSSR count). The summed E-state index contributed by atoms with van der Waals surface area (Å²) in [7, 11) is 0. The maximum absolute atomic E-state index is 6.20. The molecule has 0 heterocycles. The molecule has 0 aliphatic heterocycles. The van der Waals surface area contributed by atoms with Crippen LogP contribution >= 0.6 is 0 Å². The highest BCUT2D eigenvalue weighted by atomic mass is 14.6. The van der Waals surface area contributed by atoms with Crippen LogP contribution in [0.15, 0.2) is 0 Å².